The summed E-state index contributed by atoms with van der Waals surface area (Å²) in [6, 6.07) is 3.04. The summed E-state index contributed by atoms with van der Waals surface area (Å²) in [7, 11) is 0. The number of amides is 2. The van der Waals surface area contributed by atoms with Crippen LogP contribution < -0.4 is 5.32 Å². The maximum atomic E-state index is 12.3. The van der Waals surface area contributed by atoms with E-state index in [-0.39, 0.29) is 12.1 Å². The van der Waals surface area contributed by atoms with Crippen LogP contribution in [0.5, 0.6) is 0 Å². The Morgan fingerprint density at radius 2 is 2.33 bits per heavy atom. The van der Waals surface area contributed by atoms with Crippen LogP contribution in [0.4, 0.5) is 4.79 Å². The first kappa shape index (κ1) is 15.8. The van der Waals surface area contributed by atoms with E-state index in [1.54, 1.807) is 11.3 Å². The largest absolute Gasteiger partial charge is 0.480 e. The first-order valence-corrected chi connectivity index (χ1v) is 8.17. The van der Waals surface area contributed by atoms with E-state index in [0.29, 0.717) is 18.9 Å². The zero-order valence-electron chi connectivity index (χ0n) is 12.4. The van der Waals surface area contributed by atoms with Gasteiger partial charge < -0.3 is 15.3 Å². The Morgan fingerprint density at radius 1 is 1.57 bits per heavy atom. The molecule has 0 aromatic carbocycles. The van der Waals surface area contributed by atoms with Crippen LogP contribution in [0, 0.1) is 5.92 Å². The summed E-state index contributed by atoms with van der Waals surface area (Å²) < 4.78 is 0. The van der Waals surface area contributed by atoms with Gasteiger partial charge in [-0.3, -0.25) is 0 Å². The second-order valence-electron chi connectivity index (χ2n) is 5.81. The molecule has 1 aliphatic heterocycles. The number of carboxylic acids is 1. The van der Waals surface area contributed by atoms with Gasteiger partial charge >= 0.3 is 12.0 Å². The molecule has 0 radical (unpaired) electrons. The maximum absolute atomic E-state index is 12.3. The Balaban J connectivity index is 1.93. The summed E-state index contributed by atoms with van der Waals surface area (Å²) in [6.45, 7) is 4.49. The lowest BCUT2D eigenvalue weighted by Crippen LogP contribution is -2.54. The number of hydrogen-bond donors (Lipinski definition) is 2. The van der Waals surface area contributed by atoms with E-state index in [0.717, 1.165) is 12.8 Å². The highest BCUT2D eigenvalue weighted by atomic mass is 32.1. The molecule has 2 amide bonds. The molecule has 1 saturated heterocycles. The van der Waals surface area contributed by atoms with Gasteiger partial charge in [0.25, 0.3) is 0 Å². The van der Waals surface area contributed by atoms with Crippen molar-refractivity contribution in [2.24, 2.45) is 5.92 Å². The molecule has 1 aromatic heterocycles. The number of nitrogens with one attached hydrogen (secondary N) is 1. The lowest BCUT2D eigenvalue weighted by atomic mass is 9.93. The van der Waals surface area contributed by atoms with Crippen molar-refractivity contribution in [3.8, 4) is 0 Å². The predicted octanol–water partition coefficient (Wildman–Crippen LogP) is 2.57. The van der Waals surface area contributed by atoms with E-state index in [2.05, 4.69) is 5.32 Å². The zero-order chi connectivity index (χ0) is 15.4. The molecule has 116 valence electrons. The third-order valence-corrected chi connectivity index (χ3v) is 4.77. The van der Waals surface area contributed by atoms with Gasteiger partial charge in [0.15, 0.2) is 0 Å². The van der Waals surface area contributed by atoms with Gasteiger partial charge in [-0.2, -0.15) is 0 Å². The monoisotopic (exact) mass is 310 g/mol. The summed E-state index contributed by atoms with van der Waals surface area (Å²) in [6.07, 6.45) is 2.16. The molecular formula is C15H22N2O3S. The van der Waals surface area contributed by atoms with Crippen molar-refractivity contribution in [3.63, 3.8) is 0 Å². The Bertz CT molecular complexity index is 489. The molecule has 2 N–H and O–H groups in total. The number of likely N-dealkylation sites (tertiary alicyclic amines) is 1. The van der Waals surface area contributed by atoms with E-state index in [4.69, 9.17) is 0 Å². The summed E-state index contributed by atoms with van der Waals surface area (Å²) in [4.78, 5) is 26.3. The van der Waals surface area contributed by atoms with Crippen molar-refractivity contribution in [1.29, 1.82) is 0 Å². The van der Waals surface area contributed by atoms with E-state index in [1.165, 1.54) is 9.78 Å². The van der Waals surface area contributed by atoms with Crippen LogP contribution >= 0.6 is 11.3 Å². The smallest absolute Gasteiger partial charge is 0.326 e. The molecule has 0 saturated carbocycles. The predicted molar refractivity (Wildman–Crippen MR) is 82.5 cm³/mol. The number of piperidine rings is 1. The first-order valence-electron chi connectivity index (χ1n) is 7.29. The number of hydrogen-bond acceptors (Lipinski definition) is 3. The second kappa shape index (κ2) is 6.93. The van der Waals surface area contributed by atoms with Crippen molar-refractivity contribution in [3.05, 3.63) is 22.4 Å². The van der Waals surface area contributed by atoms with Gasteiger partial charge in [-0.1, -0.05) is 13.0 Å². The van der Waals surface area contributed by atoms with Gasteiger partial charge in [-0.15, -0.1) is 11.3 Å². The fourth-order valence-electron chi connectivity index (χ4n) is 2.69. The minimum atomic E-state index is -0.914. The molecule has 5 nitrogen and oxygen atoms in total. The number of rotatable bonds is 4. The summed E-state index contributed by atoms with van der Waals surface area (Å²) in [5.41, 5.74) is 0. The Morgan fingerprint density at radius 3 is 2.95 bits per heavy atom. The van der Waals surface area contributed by atoms with E-state index >= 15 is 0 Å². The number of carbonyl (C=O) groups excluding carboxylic acids is 1. The number of thiophene rings is 1. The highest BCUT2D eigenvalue weighted by Gasteiger charge is 2.35. The quantitative estimate of drug-likeness (QED) is 0.898. The minimum absolute atomic E-state index is 0.00931. The van der Waals surface area contributed by atoms with Crippen LogP contribution in [0.2, 0.25) is 0 Å². The van der Waals surface area contributed by atoms with Crippen LogP contribution in [-0.2, 0) is 11.2 Å². The summed E-state index contributed by atoms with van der Waals surface area (Å²) >= 11 is 1.66. The lowest BCUT2D eigenvalue weighted by molar-refractivity contribution is -0.143. The Hall–Kier alpha value is -1.56. The van der Waals surface area contributed by atoms with Crippen molar-refractivity contribution >= 4 is 23.3 Å². The summed E-state index contributed by atoms with van der Waals surface area (Å²) in [5, 5.41) is 14.2. The first-order chi connectivity index (χ1) is 9.97. The summed E-state index contributed by atoms with van der Waals surface area (Å²) in [5.74, 6) is -0.568. The molecule has 0 spiro atoms. The van der Waals surface area contributed by atoms with Crippen molar-refractivity contribution in [2.45, 2.75) is 45.2 Å². The van der Waals surface area contributed by atoms with Crippen LogP contribution in [0.15, 0.2) is 17.5 Å². The normalized spacial score (nSPS) is 23.6. The Kier molecular flexibility index (Phi) is 5.22. The number of urea groups is 1. The van der Waals surface area contributed by atoms with Crippen LogP contribution in [-0.4, -0.2) is 40.6 Å². The van der Waals surface area contributed by atoms with Crippen LogP contribution in [0.3, 0.4) is 0 Å². The number of nitrogens with zero attached hydrogens (tertiary/aromatic N) is 1. The molecule has 6 heteroatoms. The topological polar surface area (TPSA) is 69.6 Å². The number of carboxylic acid groups (broad SMARTS) is 1. The molecule has 2 rings (SSSR count). The SMILES string of the molecule is CC1CCN(C(=O)NC(C)Cc2cccs2)C(C(=O)O)C1. The average Bonchev–Trinajstić information content (AvgIpc) is 2.90. The third kappa shape index (κ3) is 4.20. The van der Waals surface area contributed by atoms with Gasteiger partial charge in [0, 0.05) is 23.9 Å². The molecule has 1 aliphatic rings. The highest BCUT2D eigenvalue weighted by molar-refractivity contribution is 7.09. The third-order valence-electron chi connectivity index (χ3n) is 3.87. The van der Waals surface area contributed by atoms with Gasteiger partial charge in [-0.25, -0.2) is 9.59 Å². The standard InChI is InChI=1S/C15H22N2O3S/c1-10-5-6-17(13(8-10)14(18)19)15(20)16-11(2)9-12-4-3-7-21-12/h3-4,7,10-11,13H,5-6,8-9H2,1-2H3,(H,16,20)(H,18,19). The fraction of sp³-hybridized carbons (Fsp3) is 0.600. The molecule has 0 bridgehead atoms. The van der Waals surface area contributed by atoms with Gasteiger partial charge in [0.1, 0.15) is 6.04 Å². The van der Waals surface area contributed by atoms with Crippen molar-refractivity contribution in [2.75, 3.05) is 6.54 Å². The maximum Gasteiger partial charge on any atom is 0.326 e. The van der Waals surface area contributed by atoms with E-state index in [1.807, 2.05) is 31.4 Å². The molecule has 2 heterocycles. The van der Waals surface area contributed by atoms with Crippen molar-refractivity contribution < 1.29 is 14.7 Å². The van der Waals surface area contributed by atoms with E-state index in [9.17, 15) is 14.7 Å². The van der Waals surface area contributed by atoms with Gasteiger partial charge in [-0.05, 0) is 37.1 Å². The lowest BCUT2D eigenvalue weighted by Gasteiger charge is -2.36. The molecule has 0 aliphatic carbocycles. The van der Waals surface area contributed by atoms with Crippen molar-refractivity contribution in [1.82, 2.24) is 10.2 Å². The molecular weight excluding hydrogens is 288 g/mol. The molecule has 3 unspecified atom stereocenters. The number of carbonyl (C=O) groups is 2. The molecule has 1 aromatic rings. The zero-order valence-corrected chi connectivity index (χ0v) is 13.2. The highest BCUT2D eigenvalue weighted by Crippen LogP contribution is 2.23. The van der Waals surface area contributed by atoms with Gasteiger partial charge in [0.05, 0.1) is 0 Å². The molecule has 21 heavy (non-hydrogen) atoms. The van der Waals surface area contributed by atoms with Gasteiger partial charge in [0.2, 0.25) is 0 Å². The molecule has 1 fully saturated rings. The Labute approximate surface area is 129 Å². The van der Waals surface area contributed by atoms with Crippen LogP contribution in [0.25, 0.3) is 0 Å². The molecule has 3 atom stereocenters. The number of aliphatic carboxylic acids is 1. The minimum Gasteiger partial charge on any atom is -0.480 e. The van der Waals surface area contributed by atoms with E-state index < -0.39 is 12.0 Å². The fourth-order valence-corrected chi connectivity index (χ4v) is 3.53. The van der Waals surface area contributed by atoms with Crippen LogP contribution in [0.1, 0.15) is 31.6 Å². The second-order valence-corrected chi connectivity index (χ2v) is 6.84. The average molecular weight is 310 g/mol.